The zero-order valence-electron chi connectivity index (χ0n) is 14.8. The first-order valence-electron chi connectivity index (χ1n) is 8.15. The second kappa shape index (κ2) is 9.79. The van der Waals surface area contributed by atoms with Gasteiger partial charge in [-0.25, -0.2) is 0 Å². The number of nitrogens with zero attached hydrogens (tertiary/aromatic N) is 1. The number of halogens is 1. The summed E-state index contributed by atoms with van der Waals surface area (Å²) >= 11 is 5.85. The van der Waals surface area contributed by atoms with E-state index >= 15 is 0 Å². The van der Waals surface area contributed by atoms with E-state index in [9.17, 15) is 9.59 Å². The van der Waals surface area contributed by atoms with Crippen LogP contribution in [-0.2, 0) is 16.2 Å². The quantitative estimate of drug-likeness (QED) is 0.729. The molecular weight excluding hydrogens is 354 g/mol. The Morgan fingerprint density at radius 1 is 1.00 bits per heavy atom. The maximum atomic E-state index is 11.8. The summed E-state index contributed by atoms with van der Waals surface area (Å²) in [5.41, 5.74) is 1.53. The van der Waals surface area contributed by atoms with Gasteiger partial charge in [-0.05, 0) is 56.1 Å². The lowest BCUT2D eigenvalue weighted by Crippen LogP contribution is -2.38. The highest BCUT2D eigenvalue weighted by Gasteiger charge is 2.13. The molecule has 0 atom stereocenters. The average Bonchev–Trinajstić information content (AvgIpc) is 2.62. The predicted octanol–water partition coefficient (Wildman–Crippen LogP) is 2.54. The zero-order chi connectivity index (χ0) is 18.9. The Labute approximate surface area is 158 Å². The summed E-state index contributed by atoms with van der Waals surface area (Å²) in [7, 11) is 3.78. The fraction of sp³-hybridized carbons (Fsp3) is 0.263. The number of carbonyl (C=O) groups excluding carboxylic acids is 2. The van der Waals surface area contributed by atoms with Crippen LogP contribution in [0.1, 0.15) is 5.56 Å². The van der Waals surface area contributed by atoms with E-state index in [4.69, 9.17) is 16.3 Å². The zero-order valence-corrected chi connectivity index (χ0v) is 15.5. The van der Waals surface area contributed by atoms with Crippen molar-refractivity contribution < 1.29 is 14.3 Å². The molecule has 0 aliphatic heterocycles. The number of nitrogens with one attached hydrogen (secondary N) is 2. The largest absolute Gasteiger partial charge is 0.489 e. The van der Waals surface area contributed by atoms with Crippen molar-refractivity contribution in [3.8, 4) is 5.75 Å². The molecule has 0 aromatic heterocycles. The highest BCUT2D eigenvalue weighted by atomic mass is 35.5. The predicted molar refractivity (Wildman–Crippen MR) is 102 cm³/mol. The molecule has 26 heavy (non-hydrogen) atoms. The van der Waals surface area contributed by atoms with Crippen LogP contribution in [-0.4, -0.2) is 43.9 Å². The van der Waals surface area contributed by atoms with Gasteiger partial charge in [-0.1, -0.05) is 23.7 Å². The number of hydrogen-bond acceptors (Lipinski definition) is 4. The SMILES string of the molecule is CN(C)CCNC(=O)C(=O)Nc1ccc(OCc2ccc(Cl)cc2)cc1. The van der Waals surface area contributed by atoms with Crippen LogP contribution < -0.4 is 15.4 Å². The Bertz CT molecular complexity index is 731. The van der Waals surface area contributed by atoms with Crippen LogP contribution in [0, 0.1) is 0 Å². The number of amides is 2. The Morgan fingerprint density at radius 2 is 1.65 bits per heavy atom. The molecule has 0 saturated carbocycles. The lowest BCUT2D eigenvalue weighted by molar-refractivity contribution is -0.136. The molecule has 2 aromatic rings. The molecule has 0 spiro atoms. The minimum absolute atomic E-state index is 0.413. The van der Waals surface area contributed by atoms with Crippen LogP contribution in [0.25, 0.3) is 0 Å². The van der Waals surface area contributed by atoms with Crippen LogP contribution in [0.15, 0.2) is 48.5 Å². The third-order valence-corrected chi connectivity index (χ3v) is 3.73. The van der Waals surface area contributed by atoms with Crippen molar-refractivity contribution in [2.24, 2.45) is 0 Å². The van der Waals surface area contributed by atoms with E-state index in [2.05, 4.69) is 10.6 Å². The van der Waals surface area contributed by atoms with E-state index in [0.29, 0.717) is 36.2 Å². The van der Waals surface area contributed by atoms with Gasteiger partial charge in [0.05, 0.1) is 0 Å². The number of rotatable bonds is 7. The van der Waals surface area contributed by atoms with Gasteiger partial charge in [0.1, 0.15) is 12.4 Å². The Hall–Kier alpha value is -2.57. The molecule has 7 heteroatoms. The topological polar surface area (TPSA) is 70.7 Å². The molecule has 0 bridgehead atoms. The molecule has 6 nitrogen and oxygen atoms in total. The summed E-state index contributed by atoms with van der Waals surface area (Å²) in [5.74, 6) is -0.693. The van der Waals surface area contributed by atoms with Crippen LogP contribution in [0.2, 0.25) is 5.02 Å². The van der Waals surface area contributed by atoms with Gasteiger partial charge in [0, 0.05) is 23.8 Å². The summed E-state index contributed by atoms with van der Waals surface area (Å²) in [4.78, 5) is 25.5. The number of ether oxygens (including phenoxy) is 1. The van der Waals surface area contributed by atoms with Crippen LogP contribution >= 0.6 is 11.6 Å². The summed E-state index contributed by atoms with van der Waals surface area (Å²) < 4.78 is 5.68. The van der Waals surface area contributed by atoms with Crippen LogP contribution in [0.3, 0.4) is 0 Å². The van der Waals surface area contributed by atoms with Gasteiger partial charge >= 0.3 is 11.8 Å². The third-order valence-electron chi connectivity index (χ3n) is 3.48. The minimum Gasteiger partial charge on any atom is -0.489 e. The van der Waals surface area contributed by atoms with Gasteiger partial charge in [-0.2, -0.15) is 0 Å². The molecule has 2 amide bonds. The number of hydrogen-bond donors (Lipinski definition) is 2. The molecule has 2 rings (SSSR count). The van der Waals surface area contributed by atoms with Crippen molar-refractivity contribution in [1.82, 2.24) is 10.2 Å². The Balaban J connectivity index is 1.80. The number of likely N-dealkylation sites (N-methyl/N-ethyl adjacent to an activating group) is 1. The van der Waals surface area contributed by atoms with Gasteiger partial charge in [0.2, 0.25) is 0 Å². The summed E-state index contributed by atoms with van der Waals surface area (Å²) in [6, 6.07) is 14.2. The average molecular weight is 376 g/mol. The molecule has 0 radical (unpaired) electrons. The van der Waals surface area contributed by atoms with Crippen molar-refractivity contribution in [2.75, 3.05) is 32.5 Å². The van der Waals surface area contributed by atoms with Gasteiger partial charge in [0.25, 0.3) is 0 Å². The smallest absolute Gasteiger partial charge is 0.313 e. The molecule has 2 N–H and O–H groups in total. The van der Waals surface area contributed by atoms with Crippen molar-refractivity contribution >= 4 is 29.1 Å². The fourth-order valence-electron chi connectivity index (χ4n) is 2.04. The molecule has 0 saturated heterocycles. The molecule has 0 heterocycles. The Morgan fingerprint density at radius 3 is 2.27 bits per heavy atom. The van der Waals surface area contributed by atoms with E-state index < -0.39 is 11.8 Å². The summed E-state index contributed by atoms with van der Waals surface area (Å²) in [6.07, 6.45) is 0. The summed E-state index contributed by atoms with van der Waals surface area (Å²) in [6.45, 7) is 1.49. The number of benzene rings is 2. The van der Waals surface area contributed by atoms with Crippen molar-refractivity contribution in [3.05, 3.63) is 59.1 Å². The highest BCUT2D eigenvalue weighted by Crippen LogP contribution is 2.18. The first kappa shape index (κ1) is 19.8. The minimum atomic E-state index is -0.696. The van der Waals surface area contributed by atoms with Crippen molar-refractivity contribution in [2.45, 2.75) is 6.61 Å². The van der Waals surface area contributed by atoms with E-state index in [1.165, 1.54) is 0 Å². The van der Waals surface area contributed by atoms with E-state index in [1.54, 1.807) is 24.3 Å². The molecule has 138 valence electrons. The first-order valence-corrected chi connectivity index (χ1v) is 8.53. The normalized spacial score (nSPS) is 10.5. The third kappa shape index (κ3) is 6.74. The lowest BCUT2D eigenvalue weighted by atomic mass is 10.2. The van der Waals surface area contributed by atoms with Gasteiger partial charge in [-0.15, -0.1) is 0 Å². The van der Waals surface area contributed by atoms with Gasteiger partial charge in [-0.3, -0.25) is 9.59 Å². The molecule has 0 fully saturated rings. The van der Waals surface area contributed by atoms with E-state index in [-0.39, 0.29) is 0 Å². The standard InChI is InChI=1S/C19H22ClN3O3/c1-23(2)12-11-21-18(24)19(25)22-16-7-9-17(10-8-16)26-13-14-3-5-15(20)6-4-14/h3-10H,11-13H2,1-2H3,(H,21,24)(H,22,25). The molecular formula is C19H22ClN3O3. The van der Waals surface area contributed by atoms with Crippen LogP contribution in [0.5, 0.6) is 5.75 Å². The first-order chi connectivity index (χ1) is 12.4. The Kier molecular flexibility index (Phi) is 7.44. The second-order valence-electron chi connectivity index (χ2n) is 5.95. The highest BCUT2D eigenvalue weighted by molar-refractivity contribution is 6.39. The molecule has 0 aliphatic carbocycles. The molecule has 0 aliphatic rings. The lowest BCUT2D eigenvalue weighted by Gasteiger charge is -2.11. The van der Waals surface area contributed by atoms with Crippen LogP contribution in [0.4, 0.5) is 5.69 Å². The van der Waals surface area contributed by atoms with Crippen molar-refractivity contribution in [3.63, 3.8) is 0 Å². The number of carbonyl (C=O) groups is 2. The number of anilines is 1. The van der Waals surface area contributed by atoms with E-state index in [1.807, 2.05) is 43.3 Å². The summed E-state index contributed by atoms with van der Waals surface area (Å²) in [5, 5.41) is 5.79. The molecule has 2 aromatic carbocycles. The fourth-order valence-corrected chi connectivity index (χ4v) is 2.17. The second-order valence-corrected chi connectivity index (χ2v) is 6.39. The van der Waals surface area contributed by atoms with Gasteiger partial charge in [0.15, 0.2) is 0 Å². The van der Waals surface area contributed by atoms with Crippen molar-refractivity contribution in [1.29, 1.82) is 0 Å². The van der Waals surface area contributed by atoms with E-state index in [0.717, 1.165) is 5.56 Å². The van der Waals surface area contributed by atoms with Gasteiger partial charge < -0.3 is 20.3 Å². The maximum absolute atomic E-state index is 11.8. The molecule has 0 unspecified atom stereocenters. The monoisotopic (exact) mass is 375 g/mol. The maximum Gasteiger partial charge on any atom is 0.313 e.